The van der Waals surface area contributed by atoms with E-state index in [4.69, 9.17) is 10.8 Å². The Labute approximate surface area is 125 Å². The molecule has 1 aromatic heterocycles. The van der Waals surface area contributed by atoms with Crippen LogP contribution < -0.4 is 11.3 Å². The molecule has 1 aromatic carbocycles. The number of fused-ring (bicyclic) bond motifs is 1. The molecule has 0 spiro atoms. The Morgan fingerprint density at radius 2 is 1.86 bits per heavy atom. The van der Waals surface area contributed by atoms with Crippen LogP contribution in [-0.2, 0) is 0 Å². The van der Waals surface area contributed by atoms with Crippen LogP contribution in [0.4, 0.5) is 0 Å². The second-order valence-electron chi connectivity index (χ2n) is 5.64. The number of hydrazine groups is 1. The number of aromatic nitrogens is 1. The van der Waals surface area contributed by atoms with Crippen molar-refractivity contribution < 1.29 is 0 Å². The van der Waals surface area contributed by atoms with E-state index in [0.717, 1.165) is 35.1 Å². The first-order valence-electron chi connectivity index (χ1n) is 7.77. The fourth-order valence-corrected chi connectivity index (χ4v) is 3.06. The lowest BCUT2D eigenvalue weighted by Crippen LogP contribution is -2.32. The number of para-hydroxylation sites is 1. The Morgan fingerprint density at radius 3 is 2.62 bits per heavy atom. The molecule has 0 amide bonds. The van der Waals surface area contributed by atoms with Crippen LogP contribution in [0.25, 0.3) is 10.9 Å². The second kappa shape index (κ2) is 6.68. The summed E-state index contributed by atoms with van der Waals surface area (Å²) in [5.41, 5.74) is 4.81. The van der Waals surface area contributed by atoms with Crippen molar-refractivity contribution in [2.45, 2.75) is 44.6 Å². The van der Waals surface area contributed by atoms with E-state index in [1.165, 1.54) is 25.7 Å². The highest BCUT2D eigenvalue weighted by molar-refractivity contribution is 6.08. The van der Waals surface area contributed by atoms with E-state index < -0.39 is 0 Å². The maximum Gasteiger partial charge on any atom is 0.143 e. The van der Waals surface area contributed by atoms with Gasteiger partial charge < -0.3 is 5.43 Å². The fraction of sp³-hybridized carbons (Fsp3) is 0.412. The Morgan fingerprint density at radius 1 is 1.10 bits per heavy atom. The van der Waals surface area contributed by atoms with Crippen LogP contribution in [-0.4, -0.2) is 16.9 Å². The van der Waals surface area contributed by atoms with Crippen molar-refractivity contribution in [3.63, 3.8) is 0 Å². The first-order valence-corrected chi connectivity index (χ1v) is 7.77. The van der Waals surface area contributed by atoms with Gasteiger partial charge in [-0.3, -0.25) is 9.98 Å². The molecule has 0 aliphatic heterocycles. The second-order valence-corrected chi connectivity index (χ2v) is 5.64. The quantitative estimate of drug-likeness (QED) is 0.292. The standard InChI is InChI=1S/C17H22N4/c18-21-17(20-13-7-3-1-2-4-8-13)15-11-12-19-16-10-6-5-9-14(15)16/h5-6,9-13H,1-4,7-8,18H2,(H,20,21). The van der Waals surface area contributed by atoms with Gasteiger partial charge in [-0.2, -0.15) is 0 Å². The van der Waals surface area contributed by atoms with Crippen molar-refractivity contribution in [3.8, 4) is 0 Å². The summed E-state index contributed by atoms with van der Waals surface area (Å²) < 4.78 is 0. The van der Waals surface area contributed by atoms with Gasteiger partial charge in [0.05, 0.1) is 11.6 Å². The molecule has 1 aliphatic rings. The van der Waals surface area contributed by atoms with Gasteiger partial charge in [0.25, 0.3) is 0 Å². The molecule has 4 nitrogen and oxygen atoms in total. The van der Waals surface area contributed by atoms with Crippen LogP contribution >= 0.6 is 0 Å². The summed E-state index contributed by atoms with van der Waals surface area (Å²) >= 11 is 0. The zero-order valence-electron chi connectivity index (χ0n) is 12.3. The topological polar surface area (TPSA) is 63.3 Å². The molecule has 3 N–H and O–H groups in total. The lowest BCUT2D eigenvalue weighted by molar-refractivity contribution is 0.583. The number of nitrogens with one attached hydrogen (secondary N) is 1. The third-order valence-corrected chi connectivity index (χ3v) is 4.18. The van der Waals surface area contributed by atoms with Gasteiger partial charge in [-0.05, 0) is 25.0 Å². The van der Waals surface area contributed by atoms with E-state index in [9.17, 15) is 0 Å². The predicted octanol–water partition coefficient (Wildman–Crippen LogP) is 3.17. The summed E-state index contributed by atoms with van der Waals surface area (Å²) in [7, 11) is 0. The third kappa shape index (κ3) is 3.22. The number of pyridine rings is 1. The predicted molar refractivity (Wildman–Crippen MR) is 87.1 cm³/mol. The van der Waals surface area contributed by atoms with Gasteiger partial charge in [-0.1, -0.05) is 43.9 Å². The SMILES string of the molecule is NNC(=NC1CCCCCC1)c1ccnc2ccccc12. The Kier molecular flexibility index (Phi) is 4.46. The minimum Gasteiger partial charge on any atom is -0.308 e. The van der Waals surface area contributed by atoms with Gasteiger partial charge in [0.1, 0.15) is 5.84 Å². The lowest BCUT2D eigenvalue weighted by atomic mass is 10.1. The van der Waals surface area contributed by atoms with Crippen LogP contribution in [0.15, 0.2) is 41.5 Å². The highest BCUT2D eigenvalue weighted by atomic mass is 15.3. The Balaban J connectivity index is 1.97. The number of hydrogen-bond acceptors (Lipinski definition) is 3. The van der Waals surface area contributed by atoms with Crippen molar-refractivity contribution in [2.24, 2.45) is 10.8 Å². The molecule has 1 heterocycles. The number of amidine groups is 1. The maximum atomic E-state index is 5.75. The van der Waals surface area contributed by atoms with Crippen LogP contribution in [0.5, 0.6) is 0 Å². The number of hydrogen-bond donors (Lipinski definition) is 2. The zero-order valence-corrected chi connectivity index (χ0v) is 12.3. The summed E-state index contributed by atoms with van der Waals surface area (Å²) in [5.74, 6) is 6.53. The minimum absolute atomic E-state index is 0.380. The molecular formula is C17H22N4. The zero-order chi connectivity index (χ0) is 14.5. The average molecular weight is 282 g/mol. The number of nitrogens with two attached hydrogens (primary N) is 1. The van der Waals surface area contributed by atoms with E-state index in [2.05, 4.69) is 16.5 Å². The fourth-order valence-electron chi connectivity index (χ4n) is 3.06. The van der Waals surface area contributed by atoms with Gasteiger partial charge >= 0.3 is 0 Å². The van der Waals surface area contributed by atoms with E-state index in [-0.39, 0.29) is 0 Å². The van der Waals surface area contributed by atoms with E-state index in [1.54, 1.807) is 0 Å². The van der Waals surface area contributed by atoms with Crippen LogP contribution in [0.1, 0.15) is 44.1 Å². The van der Waals surface area contributed by atoms with Crippen molar-refractivity contribution in [1.82, 2.24) is 10.4 Å². The molecule has 1 saturated carbocycles. The lowest BCUT2D eigenvalue weighted by Gasteiger charge is -2.14. The Bertz CT molecular complexity index is 622. The highest BCUT2D eigenvalue weighted by Crippen LogP contribution is 2.22. The molecule has 0 atom stereocenters. The monoisotopic (exact) mass is 282 g/mol. The minimum atomic E-state index is 0.380. The van der Waals surface area contributed by atoms with Gasteiger partial charge in [0.2, 0.25) is 0 Å². The molecule has 21 heavy (non-hydrogen) atoms. The molecule has 1 fully saturated rings. The largest absolute Gasteiger partial charge is 0.308 e. The number of aliphatic imine (C=N–C) groups is 1. The van der Waals surface area contributed by atoms with E-state index >= 15 is 0 Å². The molecule has 1 aliphatic carbocycles. The summed E-state index contributed by atoms with van der Waals surface area (Å²) in [6, 6.07) is 10.5. The molecule has 3 rings (SSSR count). The van der Waals surface area contributed by atoms with E-state index in [0.29, 0.717) is 6.04 Å². The first kappa shape index (κ1) is 14.0. The normalized spacial score (nSPS) is 17.7. The van der Waals surface area contributed by atoms with Crippen LogP contribution in [0.3, 0.4) is 0 Å². The van der Waals surface area contributed by atoms with Crippen LogP contribution in [0.2, 0.25) is 0 Å². The molecule has 110 valence electrons. The number of benzene rings is 1. The summed E-state index contributed by atoms with van der Waals surface area (Å²) in [6.45, 7) is 0. The molecule has 2 aromatic rings. The van der Waals surface area contributed by atoms with Crippen LogP contribution in [0, 0.1) is 0 Å². The number of rotatable bonds is 2. The Hall–Kier alpha value is -1.94. The molecule has 4 heteroatoms. The third-order valence-electron chi connectivity index (χ3n) is 4.18. The highest BCUT2D eigenvalue weighted by Gasteiger charge is 2.14. The summed E-state index contributed by atoms with van der Waals surface area (Å²) in [5, 5.41) is 1.09. The molecule has 0 radical (unpaired) electrons. The molecule has 0 saturated heterocycles. The average Bonchev–Trinajstić information content (AvgIpc) is 2.81. The molecule has 0 unspecified atom stereocenters. The molecular weight excluding hydrogens is 260 g/mol. The maximum absolute atomic E-state index is 5.75. The van der Waals surface area contributed by atoms with Gasteiger partial charge in [0, 0.05) is 17.1 Å². The first-order chi connectivity index (χ1) is 10.4. The van der Waals surface area contributed by atoms with Crippen molar-refractivity contribution in [3.05, 3.63) is 42.1 Å². The van der Waals surface area contributed by atoms with Gasteiger partial charge in [-0.15, -0.1) is 0 Å². The van der Waals surface area contributed by atoms with E-state index in [1.807, 2.05) is 30.5 Å². The van der Waals surface area contributed by atoms with Gasteiger partial charge in [-0.25, -0.2) is 5.84 Å². The number of nitrogens with zero attached hydrogens (tertiary/aromatic N) is 2. The summed E-state index contributed by atoms with van der Waals surface area (Å²) in [6.07, 6.45) is 9.33. The summed E-state index contributed by atoms with van der Waals surface area (Å²) in [4.78, 5) is 9.28. The molecule has 0 bridgehead atoms. The van der Waals surface area contributed by atoms with Crippen molar-refractivity contribution in [2.75, 3.05) is 0 Å². The van der Waals surface area contributed by atoms with Gasteiger partial charge in [0.15, 0.2) is 0 Å². The van der Waals surface area contributed by atoms with Crippen molar-refractivity contribution >= 4 is 16.7 Å². The van der Waals surface area contributed by atoms with Crippen molar-refractivity contribution in [1.29, 1.82) is 0 Å². The smallest absolute Gasteiger partial charge is 0.143 e.